The molecule has 0 radical (unpaired) electrons. The number of carbonyl (C=O) groups is 3. The van der Waals surface area contributed by atoms with E-state index in [2.05, 4.69) is 10.2 Å². The molecule has 4 aromatic rings. The average molecular weight is 605 g/mol. The number of amides is 2. The lowest BCUT2D eigenvalue weighted by Crippen LogP contribution is -2.51. The molecule has 2 unspecified atom stereocenters. The zero-order valence-corrected chi connectivity index (χ0v) is 25.7. The fourth-order valence-electron chi connectivity index (χ4n) is 6.90. The SMILES string of the molecule is C[C@H](NC(=O)c1c(CN2CCN(C(=O)C3CCCCC3C(=O)O)CC2)c(-c2ccccc2)nc2ccccc12)c1ccccc1. The Kier molecular flexibility index (Phi) is 9.21. The number of hydrogen-bond donors (Lipinski definition) is 2. The number of nitrogens with one attached hydrogen (secondary N) is 1. The zero-order valence-electron chi connectivity index (χ0n) is 25.7. The molecule has 1 aliphatic heterocycles. The number of hydrogen-bond acceptors (Lipinski definition) is 5. The summed E-state index contributed by atoms with van der Waals surface area (Å²) >= 11 is 0. The third-order valence-electron chi connectivity index (χ3n) is 9.38. The molecule has 1 aromatic heterocycles. The molecule has 1 saturated carbocycles. The van der Waals surface area contributed by atoms with Gasteiger partial charge in [-0.05, 0) is 31.4 Å². The van der Waals surface area contributed by atoms with Crippen molar-refractivity contribution in [2.75, 3.05) is 26.2 Å². The molecule has 2 aliphatic rings. The second-order valence-electron chi connectivity index (χ2n) is 12.2. The number of benzene rings is 3. The number of fused-ring (bicyclic) bond motifs is 1. The summed E-state index contributed by atoms with van der Waals surface area (Å²) in [6, 6.07) is 27.5. The van der Waals surface area contributed by atoms with Crippen molar-refractivity contribution in [3.05, 3.63) is 102 Å². The summed E-state index contributed by atoms with van der Waals surface area (Å²) in [5, 5.41) is 13.8. The van der Waals surface area contributed by atoms with Crippen LogP contribution < -0.4 is 5.32 Å². The summed E-state index contributed by atoms with van der Waals surface area (Å²) in [4.78, 5) is 48.8. The van der Waals surface area contributed by atoms with Crippen LogP contribution in [0.5, 0.6) is 0 Å². The maximum absolute atomic E-state index is 14.2. The fraction of sp³-hybridized carbons (Fsp3) is 0.351. The maximum atomic E-state index is 14.2. The highest BCUT2D eigenvalue weighted by atomic mass is 16.4. The number of piperazine rings is 1. The van der Waals surface area contributed by atoms with E-state index in [0.29, 0.717) is 51.1 Å². The van der Waals surface area contributed by atoms with Gasteiger partial charge in [-0.1, -0.05) is 91.7 Å². The molecular formula is C37H40N4O4. The van der Waals surface area contributed by atoms with E-state index < -0.39 is 17.8 Å². The summed E-state index contributed by atoms with van der Waals surface area (Å²) in [6.45, 7) is 4.78. The van der Waals surface area contributed by atoms with Crippen LogP contribution in [0.15, 0.2) is 84.9 Å². The van der Waals surface area contributed by atoms with Gasteiger partial charge in [0.1, 0.15) is 0 Å². The Morgan fingerprint density at radius 2 is 1.47 bits per heavy atom. The quantitative estimate of drug-likeness (QED) is 0.259. The van der Waals surface area contributed by atoms with Crippen LogP contribution in [0, 0.1) is 11.8 Å². The smallest absolute Gasteiger partial charge is 0.307 e. The molecule has 45 heavy (non-hydrogen) atoms. The first-order valence-electron chi connectivity index (χ1n) is 16.0. The van der Waals surface area contributed by atoms with E-state index in [1.807, 2.05) is 96.8 Å². The molecule has 8 nitrogen and oxygen atoms in total. The van der Waals surface area contributed by atoms with E-state index in [9.17, 15) is 19.5 Å². The normalized spacial score (nSPS) is 19.6. The van der Waals surface area contributed by atoms with Crippen LogP contribution in [-0.4, -0.2) is 63.9 Å². The summed E-state index contributed by atoms with van der Waals surface area (Å²) in [5.41, 5.74) is 4.97. The van der Waals surface area contributed by atoms with Crippen molar-refractivity contribution in [1.82, 2.24) is 20.1 Å². The van der Waals surface area contributed by atoms with Gasteiger partial charge >= 0.3 is 5.97 Å². The van der Waals surface area contributed by atoms with Crippen LogP contribution in [0.4, 0.5) is 0 Å². The Morgan fingerprint density at radius 3 is 2.16 bits per heavy atom. The van der Waals surface area contributed by atoms with Gasteiger partial charge in [-0.2, -0.15) is 0 Å². The number of carbonyl (C=O) groups excluding carboxylic acids is 2. The predicted molar refractivity (Wildman–Crippen MR) is 174 cm³/mol. The standard InChI is InChI=1S/C37H40N4O4/c1-25(26-12-4-2-5-13-26)38-35(42)33-30-18-10-11-19-32(30)39-34(27-14-6-3-7-15-27)31(33)24-40-20-22-41(23-21-40)36(43)28-16-8-9-17-29(28)37(44)45/h2-7,10-15,18-19,25,28-29H,8-9,16-17,20-24H2,1H3,(H,38,42)(H,44,45)/t25-,28?,29?/m0/s1. The van der Waals surface area contributed by atoms with E-state index in [-0.39, 0.29) is 17.9 Å². The summed E-state index contributed by atoms with van der Waals surface area (Å²) in [7, 11) is 0. The highest BCUT2D eigenvalue weighted by Gasteiger charge is 2.38. The molecule has 2 fully saturated rings. The minimum absolute atomic E-state index is 0.0333. The summed E-state index contributed by atoms with van der Waals surface area (Å²) < 4.78 is 0. The highest BCUT2D eigenvalue weighted by molar-refractivity contribution is 6.09. The van der Waals surface area contributed by atoms with Crippen molar-refractivity contribution in [3.8, 4) is 11.3 Å². The lowest BCUT2D eigenvalue weighted by molar-refractivity contribution is -0.153. The molecule has 2 amide bonds. The number of rotatable bonds is 8. The van der Waals surface area contributed by atoms with Crippen LogP contribution in [0.25, 0.3) is 22.2 Å². The number of para-hydroxylation sites is 1. The van der Waals surface area contributed by atoms with Gasteiger partial charge in [0.2, 0.25) is 5.91 Å². The van der Waals surface area contributed by atoms with E-state index in [1.54, 1.807) is 0 Å². The Balaban J connectivity index is 1.30. The zero-order chi connectivity index (χ0) is 31.3. The Bertz CT molecular complexity index is 1670. The van der Waals surface area contributed by atoms with E-state index in [4.69, 9.17) is 4.98 Å². The molecule has 0 bridgehead atoms. The number of nitrogens with zero attached hydrogens (tertiary/aromatic N) is 3. The van der Waals surface area contributed by atoms with Crippen LogP contribution in [0.1, 0.15) is 60.1 Å². The van der Waals surface area contributed by atoms with Crippen molar-refractivity contribution >= 4 is 28.7 Å². The van der Waals surface area contributed by atoms with Crippen molar-refractivity contribution in [2.45, 2.75) is 45.2 Å². The van der Waals surface area contributed by atoms with Crippen LogP contribution in [0.3, 0.4) is 0 Å². The minimum atomic E-state index is -0.865. The first-order valence-corrected chi connectivity index (χ1v) is 16.0. The maximum Gasteiger partial charge on any atom is 0.307 e. The second-order valence-corrected chi connectivity index (χ2v) is 12.2. The summed E-state index contributed by atoms with van der Waals surface area (Å²) in [6.07, 6.45) is 2.96. The number of pyridine rings is 1. The summed E-state index contributed by atoms with van der Waals surface area (Å²) in [5.74, 6) is -2.09. The molecule has 1 aliphatic carbocycles. The van der Waals surface area contributed by atoms with Gasteiger partial charge in [0.05, 0.1) is 34.7 Å². The third kappa shape index (κ3) is 6.61. The number of aromatic nitrogens is 1. The Morgan fingerprint density at radius 1 is 0.844 bits per heavy atom. The predicted octanol–water partition coefficient (Wildman–Crippen LogP) is 5.93. The molecule has 3 atom stereocenters. The minimum Gasteiger partial charge on any atom is -0.481 e. The topological polar surface area (TPSA) is 103 Å². The third-order valence-corrected chi connectivity index (χ3v) is 9.38. The first kappa shape index (κ1) is 30.5. The monoisotopic (exact) mass is 604 g/mol. The van der Waals surface area contributed by atoms with Crippen molar-refractivity contribution < 1.29 is 19.5 Å². The molecule has 232 valence electrons. The van der Waals surface area contributed by atoms with Gasteiger partial charge in [0.15, 0.2) is 0 Å². The van der Waals surface area contributed by atoms with Crippen LogP contribution in [0.2, 0.25) is 0 Å². The van der Waals surface area contributed by atoms with E-state index >= 15 is 0 Å². The van der Waals surface area contributed by atoms with Gasteiger partial charge in [-0.25, -0.2) is 4.98 Å². The lowest BCUT2D eigenvalue weighted by Gasteiger charge is -2.38. The lowest BCUT2D eigenvalue weighted by atomic mass is 9.78. The van der Waals surface area contributed by atoms with Crippen molar-refractivity contribution in [1.29, 1.82) is 0 Å². The van der Waals surface area contributed by atoms with Crippen LogP contribution in [-0.2, 0) is 16.1 Å². The molecule has 2 heterocycles. The fourth-order valence-corrected chi connectivity index (χ4v) is 6.90. The van der Waals surface area contributed by atoms with Gasteiger partial charge < -0.3 is 15.3 Å². The van der Waals surface area contributed by atoms with E-state index in [0.717, 1.165) is 46.1 Å². The highest BCUT2D eigenvalue weighted by Crippen LogP contribution is 2.34. The van der Waals surface area contributed by atoms with Crippen LogP contribution >= 0.6 is 0 Å². The second kappa shape index (κ2) is 13.6. The number of aliphatic carboxylic acids is 1. The molecule has 2 N–H and O–H groups in total. The Hall–Kier alpha value is -4.56. The van der Waals surface area contributed by atoms with Gasteiger partial charge in [-0.15, -0.1) is 0 Å². The van der Waals surface area contributed by atoms with Crippen molar-refractivity contribution in [2.24, 2.45) is 11.8 Å². The van der Waals surface area contributed by atoms with E-state index in [1.165, 1.54) is 0 Å². The molecule has 8 heteroatoms. The largest absolute Gasteiger partial charge is 0.481 e. The molecule has 3 aromatic carbocycles. The molecule has 6 rings (SSSR count). The van der Waals surface area contributed by atoms with Gasteiger partial charge in [0, 0.05) is 49.2 Å². The average Bonchev–Trinajstić information content (AvgIpc) is 3.08. The first-order chi connectivity index (χ1) is 21.9. The number of carboxylic acids is 1. The van der Waals surface area contributed by atoms with Gasteiger partial charge in [0.25, 0.3) is 5.91 Å². The molecular weight excluding hydrogens is 564 g/mol. The number of carboxylic acid groups (broad SMARTS) is 1. The molecule has 1 saturated heterocycles. The molecule has 0 spiro atoms. The van der Waals surface area contributed by atoms with Crippen molar-refractivity contribution in [3.63, 3.8) is 0 Å². The Labute approximate surface area is 264 Å². The van der Waals surface area contributed by atoms with Gasteiger partial charge in [-0.3, -0.25) is 19.3 Å².